The molecule has 20 atom stereocenters. The Bertz CT molecular complexity index is 1410. The van der Waals surface area contributed by atoms with Crippen LogP contribution in [0.15, 0.2) is 0 Å². The maximum atomic E-state index is 11.5. The number of hydrogen-bond acceptors (Lipinski definition) is 23. The molecule has 0 aromatic rings. The molecule has 0 spiro atoms. The zero-order valence-electron chi connectivity index (χ0n) is 42.3. The minimum atomic E-state index is -1.45. The van der Waals surface area contributed by atoms with Gasteiger partial charge in [-0.25, -0.2) is 0 Å². The largest absolute Gasteiger partial charge is 0.394 e. The minimum Gasteiger partial charge on any atom is -0.394 e. The molecule has 0 aromatic carbocycles. The number of hydrogen-bond donors (Lipinski definition) is 10. The van der Waals surface area contributed by atoms with Crippen molar-refractivity contribution < 1.29 is 113 Å². The van der Waals surface area contributed by atoms with E-state index in [9.17, 15) is 51.1 Å². The SMILES string of the molecule is CCOCC1OC(COCC2C(COCCO)OC(COC(C)(C)C)C(O)C2O)C(O)C(O)C1COCC1OC(COCC)C(COCC2OC(COCCO)C(C(C)(C)OC)C(O)C2O)C(O)C1O. The smallest absolute Gasteiger partial charge is 0.110 e. The van der Waals surface area contributed by atoms with E-state index in [0.29, 0.717) is 13.2 Å². The molecule has 23 nitrogen and oxygen atoms in total. The molecule has 0 aliphatic carbocycles. The highest BCUT2D eigenvalue weighted by Gasteiger charge is 2.52. The first-order chi connectivity index (χ1) is 33.2. The van der Waals surface area contributed by atoms with Gasteiger partial charge < -0.3 is 113 Å². The van der Waals surface area contributed by atoms with Gasteiger partial charge in [-0.2, -0.15) is 0 Å². The average molecular weight is 1020 g/mol. The summed E-state index contributed by atoms with van der Waals surface area (Å²) in [5, 5.41) is 109. The minimum absolute atomic E-state index is 0.00712. The van der Waals surface area contributed by atoms with Crippen molar-refractivity contribution in [2.24, 2.45) is 23.7 Å². The Morgan fingerprint density at radius 3 is 1.03 bits per heavy atom. The van der Waals surface area contributed by atoms with E-state index in [1.807, 2.05) is 20.8 Å². The second-order valence-electron chi connectivity index (χ2n) is 20.1. The van der Waals surface area contributed by atoms with E-state index in [2.05, 4.69) is 0 Å². The Morgan fingerprint density at radius 1 is 0.371 bits per heavy atom. The average Bonchev–Trinajstić information content (AvgIpc) is 3.32. The molecule has 4 aliphatic rings. The Morgan fingerprint density at radius 2 is 0.686 bits per heavy atom. The van der Waals surface area contributed by atoms with Crippen molar-refractivity contribution in [3.63, 3.8) is 0 Å². The Kier molecular flexibility index (Phi) is 26.4. The second-order valence-corrected chi connectivity index (χ2v) is 20.1. The fraction of sp³-hybridized carbons (Fsp3) is 1.00. The third-order valence-electron chi connectivity index (χ3n) is 13.6. The maximum absolute atomic E-state index is 11.5. The Balaban J connectivity index is 1.34. The highest BCUT2D eigenvalue weighted by molar-refractivity contribution is 5.00. The first-order valence-electron chi connectivity index (χ1n) is 24.8. The predicted molar refractivity (Wildman–Crippen MR) is 245 cm³/mol. The lowest BCUT2D eigenvalue weighted by molar-refractivity contribution is -0.263. The quantitative estimate of drug-likeness (QED) is 0.0317. The molecule has 4 heterocycles. The van der Waals surface area contributed by atoms with Crippen LogP contribution in [-0.4, -0.2) is 279 Å². The maximum Gasteiger partial charge on any atom is 0.110 e. The molecule has 20 unspecified atom stereocenters. The lowest BCUT2D eigenvalue weighted by Gasteiger charge is -2.48. The summed E-state index contributed by atoms with van der Waals surface area (Å²) < 4.78 is 76.7. The monoisotopic (exact) mass is 1020 g/mol. The standard InChI is InChI=1S/C47H88O23/c1-9-59-18-29-26(38(50)42(54)34(67-29)23-64-17-28-31(20-61-13-11-48)69-36(43(55)40(28)52)25-66-46(3,4)5)15-63-22-33-41(53)39(51)27(30(68-33)19-60-10-2)16-65-24-35-44(56)45(57)37(47(6,7)58-8)32(70-35)21-62-14-12-49/h26-45,48-57H,9-25H2,1-8H3. The summed E-state index contributed by atoms with van der Waals surface area (Å²) in [4.78, 5) is 0. The molecule has 70 heavy (non-hydrogen) atoms. The van der Waals surface area contributed by atoms with Gasteiger partial charge in [0.05, 0.1) is 159 Å². The van der Waals surface area contributed by atoms with Gasteiger partial charge in [0.25, 0.3) is 0 Å². The summed E-state index contributed by atoms with van der Waals surface area (Å²) in [5.41, 5.74) is -1.44. The normalized spacial score (nSPS) is 38.8. The van der Waals surface area contributed by atoms with Crippen LogP contribution in [0.3, 0.4) is 0 Å². The van der Waals surface area contributed by atoms with Gasteiger partial charge in [0.1, 0.15) is 48.8 Å². The van der Waals surface area contributed by atoms with E-state index in [1.165, 1.54) is 7.11 Å². The first-order valence-corrected chi connectivity index (χ1v) is 24.8. The highest BCUT2D eigenvalue weighted by atomic mass is 16.6. The van der Waals surface area contributed by atoms with Gasteiger partial charge in [-0.05, 0) is 48.5 Å². The Hall–Kier alpha value is -0.920. The van der Waals surface area contributed by atoms with Crippen LogP contribution in [0.5, 0.6) is 0 Å². The van der Waals surface area contributed by atoms with Crippen LogP contribution in [0.25, 0.3) is 0 Å². The van der Waals surface area contributed by atoms with Crippen molar-refractivity contribution in [1.29, 1.82) is 0 Å². The van der Waals surface area contributed by atoms with Gasteiger partial charge in [-0.3, -0.25) is 0 Å². The first kappa shape index (κ1) is 61.6. The molecular formula is C47H88O23. The fourth-order valence-corrected chi connectivity index (χ4v) is 9.42. The molecule has 4 rings (SSSR count). The molecule has 23 heteroatoms. The van der Waals surface area contributed by atoms with E-state index in [1.54, 1.807) is 27.7 Å². The van der Waals surface area contributed by atoms with E-state index in [-0.39, 0.29) is 99.1 Å². The third-order valence-corrected chi connectivity index (χ3v) is 13.6. The van der Waals surface area contributed by atoms with Gasteiger partial charge in [-0.1, -0.05) is 0 Å². The van der Waals surface area contributed by atoms with Gasteiger partial charge in [0, 0.05) is 44.0 Å². The predicted octanol–water partition coefficient (Wildman–Crippen LogP) is -3.21. The summed E-state index contributed by atoms with van der Waals surface area (Å²) in [5.74, 6) is -3.10. The van der Waals surface area contributed by atoms with E-state index in [4.69, 9.17) is 61.6 Å². The van der Waals surface area contributed by atoms with Crippen molar-refractivity contribution in [2.75, 3.05) is 119 Å². The molecule has 414 valence electrons. The summed E-state index contributed by atoms with van der Waals surface area (Å²) >= 11 is 0. The number of methoxy groups -OCH3 is 1. The molecule has 10 N–H and O–H groups in total. The highest BCUT2D eigenvalue weighted by Crippen LogP contribution is 2.37. The van der Waals surface area contributed by atoms with Crippen LogP contribution in [0.1, 0.15) is 48.5 Å². The van der Waals surface area contributed by atoms with Crippen LogP contribution in [0.2, 0.25) is 0 Å². The summed E-state index contributed by atoms with van der Waals surface area (Å²) in [6.45, 7) is 11.9. The summed E-state index contributed by atoms with van der Waals surface area (Å²) in [7, 11) is 1.49. The van der Waals surface area contributed by atoms with E-state index < -0.39 is 133 Å². The van der Waals surface area contributed by atoms with Gasteiger partial charge in [0.2, 0.25) is 0 Å². The molecule has 0 aromatic heterocycles. The molecule has 4 aliphatic heterocycles. The zero-order chi connectivity index (χ0) is 51.8. The molecule has 0 saturated carbocycles. The summed E-state index contributed by atoms with van der Waals surface area (Å²) in [6, 6.07) is 0. The number of rotatable bonds is 30. The van der Waals surface area contributed by atoms with Crippen molar-refractivity contribution in [3.05, 3.63) is 0 Å². The van der Waals surface area contributed by atoms with Gasteiger partial charge in [0.15, 0.2) is 0 Å². The summed E-state index contributed by atoms with van der Waals surface area (Å²) in [6.07, 6.45) is -17.9. The molecular weight excluding hydrogens is 932 g/mol. The third kappa shape index (κ3) is 17.3. The van der Waals surface area contributed by atoms with Crippen molar-refractivity contribution >= 4 is 0 Å². The molecule has 4 fully saturated rings. The van der Waals surface area contributed by atoms with Crippen LogP contribution in [0, 0.1) is 23.7 Å². The Labute approximate surface area is 412 Å². The van der Waals surface area contributed by atoms with E-state index in [0.717, 1.165) is 0 Å². The topological polar surface area (TPSA) is 322 Å². The molecule has 0 amide bonds. The van der Waals surface area contributed by atoms with Crippen molar-refractivity contribution in [2.45, 2.75) is 157 Å². The van der Waals surface area contributed by atoms with Crippen LogP contribution in [-0.2, 0) is 61.6 Å². The van der Waals surface area contributed by atoms with Crippen molar-refractivity contribution in [3.8, 4) is 0 Å². The van der Waals surface area contributed by atoms with Crippen LogP contribution < -0.4 is 0 Å². The second kappa shape index (κ2) is 30.0. The van der Waals surface area contributed by atoms with Crippen molar-refractivity contribution in [1.82, 2.24) is 0 Å². The zero-order valence-corrected chi connectivity index (χ0v) is 42.3. The molecule has 0 bridgehead atoms. The van der Waals surface area contributed by atoms with Crippen LogP contribution in [0.4, 0.5) is 0 Å². The van der Waals surface area contributed by atoms with Gasteiger partial charge >= 0.3 is 0 Å². The van der Waals surface area contributed by atoms with Gasteiger partial charge in [-0.15, -0.1) is 0 Å². The molecule has 0 radical (unpaired) electrons. The lowest BCUT2D eigenvalue weighted by Crippen LogP contribution is -2.63. The number of ether oxygens (including phenoxy) is 13. The lowest BCUT2D eigenvalue weighted by atomic mass is 9.76. The fourth-order valence-electron chi connectivity index (χ4n) is 9.42. The van der Waals surface area contributed by atoms with E-state index >= 15 is 0 Å². The number of aliphatic hydroxyl groups excluding tert-OH is 10. The number of aliphatic hydroxyl groups is 10. The van der Waals surface area contributed by atoms with Crippen LogP contribution >= 0.6 is 0 Å². The molecule has 4 saturated heterocycles.